The smallest absolute Gasteiger partial charge is 0.260 e. The van der Waals surface area contributed by atoms with Crippen LogP contribution in [0.4, 0.5) is 0 Å². The number of fused-ring (bicyclic) bond motifs is 1. The van der Waals surface area contributed by atoms with Crippen LogP contribution in [0.3, 0.4) is 0 Å². The van der Waals surface area contributed by atoms with E-state index in [0.29, 0.717) is 22.7 Å². The van der Waals surface area contributed by atoms with E-state index in [2.05, 4.69) is 15.3 Å². The van der Waals surface area contributed by atoms with Crippen molar-refractivity contribution in [3.8, 4) is 11.1 Å². The lowest BCUT2D eigenvalue weighted by molar-refractivity contribution is -0.119. The summed E-state index contributed by atoms with van der Waals surface area (Å²) >= 11 is 2.92. The Morgan fingerprint density at radius 2 is 2.12 bits per heavy atom. The zero-order valence-corrected chi connectivity index (χ0v) is 16.4. The van der Waals surface area contributed by atoms with Gasteiger partial charge in [-0.05, 0) is 18.9 Å². The van der Waals surface area contributed by atoms with Gasteiger partial charge in [-0.15, -0.1) is 23.1 Å². The van der Waals surface area contributed by atoms with Crippen LogP contribution >= 0.6 is 23.1 Å². The van der Waals surface area contributed by atoms with Crippen molar-refractivity contribution in [3.05, 3.63) is 51.9 Å². The minimum atomic E-state index is -0.130. The second-order valence-electron chi connectivity index (χ2n) is 6.08. The van der Waals surface area contributed by atoms with Crippen LogP contribution in [0.5, 0.6) is 0 Å². The lowest BCUT2D eigenvalue weighted by Crippen LogP contribution is -2.33. The number of aromatic nitrogens is 2. The molecule has 1 amide bonds. The van der Waals surface area contributed by atoms with Gasteiger partial charge >= 0.3 is 0 Å². The molecule has 0 bridgehead atoms. The molecule has 0 radical (unpaired) electrons. The molecule has 136 valence electrons. The number of aromatic amines is 1. The van der Waals surface area contributed by atoms with Crippen molar-refractivity contribution in [2.75, 3.05) is 5.75 Å². The third kappa shape index (κ3) is 4.34. The van der Waals surface area contributed by atoms with Crippen LogP contribution in [0.2, 0.25) is 0 Å². The average molecular weight is 388 g/mol. The van der Waals surface area contributed by atoms with Gasteiger partial charge in [0.2, 0.25) is 5.91 Å². The van der Waals surface area contributed by atoms with Crippen molar-refractivity contribution in [2.24, 2.45) is 0 Å². The van der Waals surface area contributed by atoms with Gasteiger partial charge < -0.3 is 10.3 Å². The molecule has 1 atom stereocenters. The van der Waals surface area contributed by atoms with Crippen molar-refractivity contribution in [1.29, 1.82) is 0 Å². The number of amides is 1. The number of thioether (sulfide) groups is 1. The first kappa shape index (κ1) is 18.7. The molecule has 2 aromatic heterocycles. The molecule has 26 heavy (non-hydrogen) atoms. The fourth-order valence-corrected chi connectivity index (χ4v) is 4.22. The third-order valence-electron chi connectivity index (χ3n) is 4.07. The zero-order valence-electron chi connectivity index (χ0n) is 14.7. The Hall–Kier alpha value is -2.12. The number of carbonyl (C=O) groups excluding carboxylic acids is 1. The van der Waals surface area contributed by atoms with Gasteiger partial charge in [-0.2, -0.15) is 0 Å². The number of carbonyl (C=O) groups is 1. The molecule has 2 N–H and O–H groups in total. The number of H-pyrrole nitrogens is 1. The maximum atomic E-state index is 12.6. The van der Waals surface area contributed by atoms with E-state index in [-0.39, 0.29) is 17.5 Å². The van der Waals surface area contributed by atoms with E-state index in [9.17, 15) is 9.59 Å². The molecule has 0 aliphatic heterocycles. The highest BCUT2D eigenvalue weighted by Crippen LogP contribution is 2.30. The molecule has 0 unspecified atom stereocenters. The van der Waals surface area contributed by atoms with Crippen molar-refractivity contribution in [1.82, 2.24) is 15.3 Å². The van der Waals surface area contributed by atoms with Gasteiger partial charge in [0.15, 0.2) is 0 Å². The number of nitrogens with zero attached hydrogens (tertiary/aromatic N) is 1. The van der Waals surface area contributed by atoms with Gasteiger partial charge in [0.25, 0.3) is 5.56 Å². The Bertz CT molecular complexity index is 950. The summed E-state index contributed by atoms with van der Waals surface area (Å²) in [5.41, 5.74) is 1.79. The van der Waals surface area contributed by atoms with E-state index in [1.165, 1.54) is 23.1 Å². The van der Waals surface area contributed by atoms with Gasteiger partial charge in [-0.1, -0.05) is 37.3 Å². The maximum Gasteiger partial charge on any atom is 0.260 e. The zero-order chi connectivity index (χ0) is 18.5. The minimum Gasteiger partial charge on any atom is -0.353 e. The lowest BCUT2D eigenvalue weighted by Gasteiger charge is -2.10. The van der Waals surface area contributed by atoms with Crippen LogP contribution in [0.25, 0.3) is 21.3 Å². The molecular weight excluding hydrogens is 366 g/mol. The Labute approximate surface area is 160 Å². The molecular formula is C19H21N3O2S2. The number of rotatable bonds is 7. The first-order chi connectivity index (χ1) is 12.6. The highest BCUT2D eigenvalue weighted by Gasteiger charge is 2.13. The fraction of sp³-hybridized carbons (Fsp3) is 0.316. The Morgan fingerprint density at radius 1 is 1.35 bits per heavy atom. The van der Waals surface area contributed by atoms with Crippen molar-refractivity contribution < 1.29 is 4.79 Å². The molecule has 0 aliphatic carbocycles. The molecule has 3 aromatic rings. The second-order valence-corrected chi connectivity index (χ2v) is 7.92. The van der Waals surface area contributed by atoms with Crippen molar-refractivity contribution >= 4 is 39.2 Å². The highest BCUT2D eigenvalue weighted by molar-refractivity contribution is 7.99. The first-order valence-electron chi connectivity index (χ1n) is 8.51. The lowest BCUT2D eigenvalue weighted by atomic mass is 10.1. The first-order valence-corrected chi connectivity index (χ1v) is 10.5. The summed E-state index contributed by atoms with van der Waals surface area (Å²) in [6.45, 7) is 4.02. The van der Waals surface area contributed by atoms with E-state index < -0.39 is 0 Å². The summed E-state index contributed by atoms with van der Waals surface area (Å²) in [4.78, 5) is 32.5. The number of hydrogen-bond acceptors (Lipinski definition) is 5. The van der Waals surface area contributed by atoms with E-state index in [1.54, 1.807) is 0 Å². The molecule has 3 rings (SSSR count). The molecule has 0 saturated carbocycles. The van der Waals surface area contributed by atoms with Crippen LogP contribution in [-0.4, -0.2) is 27.7 Å². The van der Waals surface area contributed by atoms with Gasteiger partial charge in [0.1, 0.15) is 10.7 Å². The van der Waals surface area contributed by atoms with Crippen LogP contribution in [0, 0.1) is 0 Å². The Kier molecular flexibility index (Phi) is 6.11. The van der Waals surface area contributed by atoms with Crippen LogP contribution in [0.1, 0.15) is 26.1 Å². The summed E-state index contributed by atoms with van der Waals surface area (Å²) in [7, 11) is 0. The largest absolute Gasteiger partial charge is 0.353 e. The fourth-order valence-electron chi connectivity index (χ4n) is 2.55. The van der Waals surface area contributed by atoms with Gasteiger partial charge in [-0.3, -0.25) is 9.59 Å². The topological polar surface area (TPSA) is 74.8 Å². The Balaban J connectivity index is 1.72. The summed E-state index contributed by atoms with van der Waals surface area (Å²) in [5, 5.41) is 5.53. The maximum absolute atomic E-state index is 12.6. The van der Waals surface area contributed by atoms with Crippen LogP contribution in [-0.2, 0) is 10.5 Å². The SMILES string of the molecule is CC[C@@H](C)NC(=O)CSCc1nc2scc(-c3ccccc3)c2c(=O)[nH]1. The average Bonchev–Trinajstić information content (AvgIpc) is 3.07. The third-order valence-corrected chi connectivity index (χ3v) is 5.89. The number of nitrogens with one attached hydrogen (secondary N) is 2. The molecule has 0 fully saturated rings. The van der Waals surface area contributed by atoms with Crippen molar-refractivity contribution in [3.63, 3.8) is 0 Å². The van der Waals surface area contributed by atoms with Gasteiger partial charge in [0, 0.05) is 17.0 Å². The molecule has 0 saturated heterocycles. The quantitative estimate of drug-likeness (QED) is 0.647. The van der Waals surface area contributed by atoms with E-state index in [4.69, 9.17) is 0 Å². The van der Waals surface area contributed by atoms with Crippen LogP contribution in [0.15, 0.2) is 40.5 Å². The summed E-state index contributed by atoms with van der Waals surface area (Å²) < 4.78 is 0. The van der Waals surface area contributed by atoms with E-state index in [1.807, 2.05) is 49.6 Å². The predicted octanol–water partition coefficient (Wildman–Crippen LogP) is 3.80. The summed E-state index contributed by atoms with van der Waals surface area (Å²) in [6.07, 6.45) is 0.907. The van der Waals surface area contributed by atoms with Crippen molar-refractivity contribution in [2.45, 2.75) is 32.1 Å². The highest BCUT2D eigenvalue weighted by atomic mass is 32.2. The molecule has 1 aromatic carbocycles. The van der Waals surface area contributed by atoms with Gasteiger partial charge in [0.05, 0.1) is 16.9 Å². The number of thiophene rings is 1. The number of hydrogen-bond donors (Lipinski definition) is 2. The summed E-state index contributed by atoms with van der Waals surface area (Å²) in [6, 6.07) is 10.0. The molecule has 0 spiro atoms. The van der Waals surface area contributed by atoms with E-state index >= 15 is 0 Å². The molecule has 5 nitrogen and oxygen atoms in total. The van der Waals surface area contributed by atoms with Gasteiger partial charge in [-0.25, -0.2) is 4.98 Å². The predicted molar refractivity (Wildman–Crippen MR) is 110 cm³/mol. The minimum absolute atomic E-state index is 0.00950. The molecule has 2 heterocycles. The van der Waals surface area contributed by atoms with Crippen LogP contribution < -0.4 is 10.9 Å². The standard InChI is InChI=1S/C19H21N3O2S2/c1-3-12(2)20-16(23)11-25-10-15-21-18(24)17-14(9-26-19(17)22-15)13-7-5-4-6-8-13/h4-9,12H,3,10-11H2,1-2H3,(H,20,23)(H,21,22,24)/t12-/m1/s1. The van der Waals surface area contributed by atoms with E-state index in [0.717, 1.165) is 22.4 Å². The molecule has 0 aliphatic rings. The summed E-state index contributed by atoms with van der Waals surface area (Å²) in [5.74, 6) is 1.46. The Morgan fingerprint density at radius 3 is 2.85 bits per heavy atom. The normalized spacial score (nSPS) is 12.2. The monoisotopic (exact) mass is 387 g/mol. The molecule has 7 heteroatoms. The second kappa shape index (κ2) is 8.51. The number of benzene rings is 1.